The molecule has 0 fully saturated rings. The molecule has 0 unspecified atom stereocenters. The molecule has 0 saturated heterocycles. The van der Waals surface area contributed by atoms with Crippen molar-refractivity contribution in [3.05, 3.63) is 30.1 Å². The van der Waals surface area contributed by atoms with Crippen molar-refractivity contribution in [3.8, 4) is 16.8 Å². The number of rotatable bonds is 4. The summed E-state index contributed by atoms with van der Waals surface area (Å²) in [6.07, 6.45) is 0. The van der Waals surface area contributed by atoms with Crippen LogP contribution in [0.25, 0.3) is 60.2 Å². The maximum Gasteiger partial charge on any atom is 0.152 e. The first kappa shape index (κ1) is 39.9. The van der Waals surface area contributed by atoms with Crippen molar-refractivity contribution in [2.45, 2.75) is 10.9 Å². The van der Waals surface area contributed by atoms with Gasteiger partial charge < -0.3 is 10.2 Å². The molecule has 1 aromatic heterocycles. The van der Waals surface area contributed by atoms with Crippen LogP contribution >= 0.6 is 0 Å². The molecule has 0 aliphatic carbocycles. The predicted octanol–water partition coefficient (Wildman–Crippen LogP) is -12.6. The Balaban J connectivity index is 1.92. The molecule has 0 amide bonds. The van der Waals surface area contributed by atoms with E-state index >= 15 is 0 Å². The molecule has 4 nitrogen and oxygen atoms in total. The number of aliphatic hydroxyl groups is 2. The van der Waals surface area contributed by atoms with Crippen molar-refractivity contribution in [2.75, 3.05) is 0 Å². The van der Waals surface area contributed by atoms with Crippen molar-refractivity contribution in [1.29, 1.82) is 0 Å². The Bertz CT molecular complexity index is 2820. The Hall–Kier alpha value is -3.34. The maximum atomic E-state index is 10.7. The molecule has 0 bridgehead atoms. The van der Waals surface area contributed by atoms with Crippen LogP contribution in [0.4, 0.5) is 0 Å². The highest BCUT2D eigenvalue weighted by atomic mass is 16.5. The number of benzene rings is 6. The van der Waals surface area contributed by atoms with Gasteiger partial charge >= 0.3 is 0 Å². The van der Waals surface area contributed by atoms with E-state index in [0.717, 1.165) is 0 Å². The van der Waals surface area contributed by atoms with Crippen LogP contribution < -0.4 is 81.9 Å². The molecular formula is C33H6B18N2O2. The molecule has 0 aliphatic heterocycles. The lowest BCUT2D eigenvalue weighted by Gasteiger charge is -2.38. The van der Waals surface area contributed by atoms with Gasteiger partial charge in [-0.3, -0.25) is 4.57 Å². The second kappa shape index (κ2) is 13.1. The minimum Gasteiger partial charge on any atom is -0.376 e. The second-order valence-electron chi connectivity index (χ2n) is 13.4. The summed E-state index contributed by atoms with van der Waals surface area (Å²) in [4.78, 5) is 4.57. The van der Waals surface area contributed by atoms with Crippen LogP contribution in [-0.4, -0.2) is 167 Å². The summed E-state index contributed by atoms with van der Waals surface area (Å²) in [5.41, 5.74) is -4.68. The summed E-state index contributed by atoms with van der Waals surface area (Å²) in [7, 11) is 118. The highest BCUT2D eigenvalue weighted by Gasteiger charge is 2.42. The molecule has 36 radical (unpaired) electrons. The molecule has 2 N–H and O–H groups in total. The molecule has 6 aromatic carbocycles. The lowest BCUT2D eigenvalue weighted by molar-refractivity contribution is -0.100. The zero-order valence-electron chi connectivity index (χ0n) is 29.0. The second-order valence-corrected chi connectivity index (χ2v) is 13.4. The van der Waals surface area contributed by atoms with Gasteiger partial charge in [-0.05, 0) is 60.8 Å². The Morgan fingerprint density at radius 2 is 0.782 bits per heavy atom. The molecule has 22 heteroatoms. The average molecular weight is 657 g/mol. The Kier molecular flexibility index (Phi) is 9.50. The third kappa shape index (κ3) is 5.28. The largest absolute Gasteiger partial charge is 0.376 e. The summed E-state index contributed by atoms with van der Waals surface area (Å²) in [6.45, 7) is 0. The number of hydrogen-bond acceptors (Lipinski definition) is 3. The fourth-order valence-electron chi connectivity index (χ4n) is 7.28. The van der Waals surface area contributed by atoms with Crippen molar-refractivity contribution in [3.63, 3.8) is 0 Å². The van der Waals surface area contributed by atoms with Crippen molar-refractivity contribution in [1.82, 2.24) is 9.55 Å². The normalized spacial score (nSPS) is 12.4. The van der Waals surface area contributed by atoms with Gasteiger partial charge in [0.15, 0.2) is 7.85 Å². The molecule has 0 atom stereocenters. The van der Waals surface area contributed by atoms with E-state index in [1.807, 2.05) is 0 Å². The van der Waals surface area contributed by atoms with Gasteiger partial charge in [-0.2, -0.15) is 0 Å². The molecule has 0 aliphatic rings. The average Bonchev–Trinajstić information content (AvgIpc) is 3.53. The van der Waals surface area contributed by atoms with Crippen LogP contribution in [0.1, 0.15) is 5.82 Å². The first-order valence-electron chi connectivity index (χ1n) is 16.1. The van der Waals surface area contributed by atoms with E-state index < -0.39 is 16.7 Å². The summed E-state index contributed by atoms with van der Waals surface area (Å²) in [5, 5.41) is 19.0. The van der Waals surface area contributed by atoms with Crippen LogP contribution in [0.15, 0.2) is 24.3 Å². The zero-order valence-corrected chi connectivity index (χ0v) is 29.0. The number of aromatic nitrogens is 2. The van der Waals surface area contributed by atoms with Gasteiger partial charge in [0.2, 0.25) is 0 Å². The van der Waals surface area contributed by atoms with Gasteiger partial charge in [-0.1, -0.05) is 61.3 Å². The minimum atomic E-state index is -3.28. The van der Waals surface area contributed by atoms with Gasteiger partial charge in [0.25, 0.3) is 0 Å². The molecule has 0 spiro atoms. The van der Waals surface area contributed by atoms with Gasteiger partial charge in [-0.25, -0.2) is 4.98 Å². The number of para-hydroxylation sites is 2. The number of hydrogen-bond donors (Lipinski definition) is 2. The number of nitrogens with zero attached hydrogens (tertiary/aromatic N) is 2. The zero-order chi connectivity index (χ0) is 40.7. The van der Waals surface area contributed by atoms with Gasteiger partial charge in [0.1, 0.15) is 129 Å². The van der Waals surface area contributed by atoms with Gasteiger partial charge in [0.05, 0.1) is 32.4 Å². The highest BCUT2D eigenvalue weighted by Crippen LogP contribution is 2.40. The third-order valence-corrected chi connectivity index (χ3v) is 10.3. The lowest BCUT2D eigenvalue weighted by atomic mass is 9.45. The standard InChI is InChI=1S/C33H6B18N2O2/c34-15-10(18(37)19(38)12-11(15)20(39)26(45)27(46)21(12)40)7-8-13(22(41)28(47)24(43)16(8)35)30(14-9(7)17(36)25(44)29(48)23(14)42)53-6-4-2-1-3-5(6)52-31(53)32(49,50)33(51,54)55/h1-4,54-55H. The number of imidazole rings is 1. The van der Waals surface area contributed by atoms with E-state index in [1.54, 1.807) is 24.3 Å². The molecule has 7 aromatic rings. The van der Waals surface area contributed by atoms with Gasteiger partial charge in [0, 0.05) is 0 Å². The fraction of sp³-hybridized carbons (Fsp3) is 0.0606. The molecule has 7 rings (SSSR count). The summed E-state index contributed by atoms with van der Waals surface area (Å²) in [6, 6.07) is 6.53. The molecule has 1 heterocycles. The quantitative estimate of drug-likeness (QED) is 0.113. The van der Waals surface area contributed by atoms with Crippen LogP contribution in [-0.2, 0) is 5.21 Å². The third-order valence-electron chi connectivity index (χ3n) is 10.3. The summed E-state index contributed by atoms with van der Waals surface area (Å²) < 4.78 is 1.33. The Morgan fingerprint density at radius 1 is 0.418 bits per heavy atom. The van der Waals surface area contributed by atoms with E-state index in [2.05, 4.69) is 4.98 Å². The Morgan fingerprint density at radius 3 is 1.22 bits per heavy atom. The van der Waals surface area contributed by atoms with E-state index in [9.17, 15) is 10.2 Å². The van der Waals surface area contributed by atoms with E-state index in [-0.39, 0.29) is 142 Å². The van der Waals surface area contributed by atoms with Gasteiger partial charge in [-0.15, -0.1) is 32.8 Å². The van der Waals surface area contributed by atoms with Crippen molar-refractivity contribution in [2.24, 2.45) is 0 Å². The van der Waals surface area contributed by atoms with Crippen molar-refractivity contribution < 1.29 is 10.2 Å². The maximum absolute atomic E-state index is 10.7. The molecule has 214 valence electrons. The van der Waals surface area contributed by atoms with E-state index in [4.69, 9.17) is 141 Å². The summed E-state index contributed by atoms with van der Waals surface area (Å²) in [5.74, 6) is -0.413. The van der Waals surface area contributed by atoms with Crippen LogP contribution in [0.2, 0.25) is 0 Å². The van der Waals surface area contributed by atoms with Crippen LogP contribution in [0.5, 0.6) is 0 Å². The monoisotopic (exact) mass is 660 g/mol. The summed E-state index contributed by atoms with van der Waals surface area (Å²) >= 11 is 0. The predicted molar refractivity (Wildman–Crippen MR) is 246 cm³/mol. The van der Waals surface area contributed by atoms with E-state index in [1.165, 1.54) is 4.57 Å². The first-order chi connectivity index (χ1) is 25.5. The minimum absolute atomic E-state index is 0.00227. The number of fused-ring (bicyclic) bond motifs is 4. The van der Waals surface area contributed by atoms with Crippen LogP contribution in [0, 0.1) is 0 Å². The van der Waals surface area contributed by atoms with Crippen LogP contribution in [0.3, 0.4) is 0 Å². The molecule has 0 saturated carbocycles. The fourth-order valence-corrected chi connectivity index (χ4v) is 7.28. The first-order valence-corrected chi connectivity index (χ1v) is 16.1. The SMILES string of the molecule is [B]c1c([B])c([B])c2c([B])c(-c3c4c([B])c([B])c([B])c([B])c4c(-n4c(C([B])([B])C([B])(O)O)nc5ccccc54)c4c([B])c([B])c([B])c([B])c34)c([B])c([B])c2c1[B]. The topological polar surface area (TPSA) is 58.3 Å². The van der Waals surface area contributed by atoms with Crippen molar-refractivity contribution >= 4 is 267 Å². The van der Waals surface area contributed by atoms with E-state index in [0.29, 0.717) is 0 Å². The highest BCUT2D eigenvalue weighted by molar-refractivity contribution is 6.74. The Labute approximate surface area is 342 Å². The molecular weight excluding hydrogens is 651 g/mol. The lowest BCUT2D eigenvalue weighted by Crippen LogP contribution is -2.55. The smallest absolute Gasteiger partial charge is 0.152 e. The molecule has 55 heavy (non-hydrogen) atoms.